The van der Waals surface area contributed by atoms with Crippen LogP contribution in [0.5, 0.6) is 0 Å². The summed E-state index contributed by atoms with van der Waals surface area (Å²) in [6.45, 7) is 4.47. The van der Waals surface area contributed by atoms with Crippen molar-refractivity contribution in [2.45, 2.75) is 33.0 Å². The number of anilines is 2. The van der Waals surface area contributed by atoms with Crippen molar-refractivity contribution in [1.29, 1.82) is 0 Å². The summed E-state index contributed by atoms with van der Waals surface area (Å²) in [7, 11) is 0. The number of rotatable bonds is 5. The lowest BCUT2D eigenvalue weighted by Crippen LogP contribution is -2.31. The molecule has 1 aromatic heterocycles. The predicted molar refractivity (Wildman–Crippen MR) is 118 cm³/mol. The first-order valence-corrected chi connectivity index (χ1v) is 9.60. The standard InChI is InChI=1S/C21H24N6O2.ClH/c1-14-5-7-16(8-6-14)23-21(28)24-18-4-2-3-15-12-27(10-9-17(15)18)13-19-25-20(11-22)29-26-19;/h2-8H,9-13,22H2,1H3,(H2,23,24,28);1H. The minimum absolute atomic E-state index is 0. The van der Waals surface area contributed by atoms with Crippen molar-refractivity contribution in [3.8, 4) is 0 Å². The molecule has 0 atom stereocenters. The highest BCUT2D eigenvalue weighted by Crippen LogP contribution is 2.27. The molecule has 4 rings (SSSR count). The number of carbonyl (C=O) groups is 1. The second-order valence-corrected chi connectivity index (χ2v) is 7.16. The summed E-state index contributed by atoms with van der Waals surface area (Å²) in [6.07, 6.45) is 0.831. The van der Waals surface area contributed by atoms with Gasteiger partial charge >= 0.3 is 6.03 Å². The maximum Gasteiger partial charge on any atom is 0.323 e. The smallest absolute Gasteiger partial charge is 0.323 e. The van der Waals surface area contributed by atoms with E-state index in [1.165, 1.54) is 11.1 Å². The average Bonchev–Trinajstić information content (AvgIpc) is 3.17. The molecule has 0 aliphatic carbocycles. The minimum atomic E-state index is -0.245. The number of hydrogen-bond acceptors (Lipinski definition) is 6. The summed E-state index contributed by atoms with van der Waals surface area (Å²) < 4.78 is 5.08. The fourth-order valence-electron chi connectivity index (χ4n) is 3.48. The lowest BCUT2D eigenvalue weighted by atomic mass is 9.97. The molecular weight excluding hydrogens is 404 g/mol. The first-order chi connectivity index (χ1) is 14.1. The molecule has 0 saturated carbocycles. The lowest BCUT2D eigenvalue weighted by Gasteiger charge is -2.29. The summed E-state index contributed by atoms with van der Waals surface area (Å²) in [5.74, 6) is 1.09. The van der Waals surface area contributed by atoms with Crippen molar-refractivity contribution in [2.24, 2.45) is 5.73 Å². The Kier molecular flexibility index (Phi) is 7.04. The predicted octanol–water partition coefficient (Wildman–Crippen LogP) is 3.46. The van der Waals surface area contributed by atoms with Crippen LogP contribution in [0.1, 0.15) is 28.4 Å². The van der Waals surface area contributed by atoms with Crippen molar-refractivity contribution < 1.29 is 9.32 Å². The van der Waals surface area contributed by atoms with Gasteiger partial charge in [-0.3, -0.25) is 4.90 Å². The number of nitrogens with zero attached hydrogens (tertiary/aromatic N) is 3. The van der Waals surface area contributed by atoms with E-state index in [0.717, 1.165) is 36.4 Å². The monoisotopic (exact) mass is 428 g/mol. The highest BCUT2D eigenvalue weighted by molar-refractivity contribution is 6.00. The van der Waals surface area contributed by atoms with Gasteiger partial charge in [0.1, 0.15) is 0 Å². The Morgan fingerprint density at radius 3 is 2.73 bits per heavy atom. The van der Waals surface area contributed by atoms with Gasteiger partial charge in [-0.05, 0) is 42.7 Å². The summed E-state index contributed by atoms with van der Waals surface area (Å²) in [4.78, 5) is 18.9. The van der Waals surface area contributed by atoms with Crippen LogP contribution in [0.3, 0.4) is 0 Å². The molecule has 2 heterocycles. The van der Waals surface area contributed by atoms with Crippen LogP contribution in [0.2, 0.25) is 0 Å². The second kappa shape index (κ2) is 9.71. The lowest BCUT2D eigenvalue weighted by molar-refractivity contribution is 0.235. The van der Waals surface area contributed by atoms with Crippen LogP contribution in [0, 0.1) is 6.92 Å². The van der Waals surface area contributed by atoms with Crippen molar-refractivity contribution in [3.63, 3.8) is 0 Å². The summed E-state index contributed by atoms with van der Waals surface area (Å²) in [6, 6.07) is 13.5. The molecule has 0 radical (unpaired) electrons. The Morgan fingerprint density at radius 1 is 1.20 bits per heavy atom. The molecule has 9 heteroatoms. The fraction of sp³-hybridized carbons (Fsp3) is 0.286. The molecule has 1 aliphatic heterocycles. The molecule has 2 aromatic carbocycles. The number of carbonyl (C=O) groups excluding carboxylic acids is 1. The SMILES string of the molecule is Cc1ccc(NC(=O)Nc2cccc3c2CCN(Cc2noc(CN)n2)C3)cc1.Cl. The maximum absolute atomic E-state index is 12.4. The number of aryl methyl sites for hydroxylation is 1. The van der Waals surface area contributed by atoms with Crippen LogP contribution in [0.15, 0.2) is 47.0 Å². The zero-order valence-electron chi connectivity index (χ0n) is 16.7. The Hall–Kier alpha value is -2.94. The Balaban J connectivity index is 0.00000256. The van der Waals surface area contributed by atoms with Gasteiger partial charge in [0, 0.05) is 24.5 Å². The average molecular weight is 429 g/mol. The van der Waals surface area contributed by atoms with Gasteiger partial charge in [-0.1, -0.05) is 35.0 Å². The van der Waals surface area contributed by atoms with E-state index in [0.29, 0.717) is 18.3 Å². The van der Waals surface area contributed by atoms with Gasteiger partial charge in [-0.2, -0.15) is 4.98 Å². The highest BCUT2D eigenvalue weighted by atomic mass is 35.5. The summed E-state index contributed by atoms with van der Waals surface area (Å²) in [5.41, 5.74) is 10.6. The van der Waals surface area contributed by atoms with Crippen LogP contribution in [-0.2, 0) is 26.1 Å². The number of fused-ring (bicyclic) bond motifs is 1. The second-order valence-electron chi connectivity index (χ2n) is 7.16. The molecule has 3 aromatic rings. The van der Waals surface area contributed by atoms with Gasteiger partial charge in [0.15, 0.2) is 5.82 Å². The largest absolute Gasteiger partial charge is 0.338 e. The Bertz CT molecular complexity index is 1000. The van der Waals surface area contributed by atoms with E-state index in [9.17, 15) is 4.79 Å². The van der Waals surface area contributed by atoms with E-state index in [4.69, 9.17) is 10.3 Å². The van der Waals surface area contributed by atoms with Crippen molar-refractivity contribution in [1.82, 2.24) is 15.0 Å². The molecule has 0 unspecified atom stereocenters. The number of hydrogen-bond donors (Lipinski definition) is 3. The third-order valence-electron chi connectivity index (χ3n) is 4.95. The minimum Gasteiger partial charge on any atom is -0.338 e. The van der Waals surface area contributed by atoms with Gasteiger partial charge in [0.2, 0.25) is 5.89 Å². The van der Waals surface area contributed by atoms with E-state index in [1.807, 2.05) is 43.3 Å². The highest BCUT2D eigenvalue weighted by Gasteiger charge is 2.21. The molecule has 0 saturated heterocycles. The summed E-state index contributed by atoms with van der Waals surface area (Å²) in [5, 5.41) is 9.83. The van der Waals surface area contributed by atoms with Crippen LogP contribution < -0.4 is 16.4 Å². The third kappa shape index (κ3) is 5.15. The van der Waals surface area contributed by atoms with Gasteiger partial charge in [0.25, 0.3) is 0 Å². The number of urea groups is 1. The number of nitrogens with two attached hydrogens (primary N) is 1. The normalized spacial score (nSPS) is 13.3. The van der Waals surface area contributed by atoms with E-state index in [2.05, 4.69) is 31.7 Å². The zero-order chi connectivity index (χ0) is 20.2. The number of aromatic nitrogens is 2. The van der Waals surface area contributed by atoms with Gasteiger partial charge < -0.3 is 20.9 Å². The molecule has 8 nitrogen and oxygen atoms in total. The zero-order valence-corrected chi connectivity index (χ0v) is 17.5. The fourth-order valence-corrected chi connectivity index (χ4v) is 3.48. The van der Waals surface area contributed by atoms with Crippen LogP contribution in [-0.4, -0.2) is 27.6 Å². The van der Waals surface area contributed by atoms with E-state index in [1.54, 1.807) is 0 Å². The van der Waals surface area contributed by atoms with E-state index < -0.39 is 0 Å². The molecule has 0 fully saturated rings. The molecule has 0 bridgehead atoms. The molecular formula is C21H25ClN6O2. The number of benzene rings is 2. The molecule has 158 valence electrons. The van der Waals surface area contributed by atoms with Gasteiger partial charge in [-0.15, -0.1) is 12.4 Å². The molecule has 0 spiro atoms. The van der Waals surface area contributed by atoms with Crippen molar-refractivity contribution in [2.75, 3.05) is 17.2 Å². The Labute approximate surface area is 181 Å². The van der Waals surface area contributed by atoms with Crippen LogP contribution in [0.25, 0.3) is 0 Å². The third-order valence-corrected chi connectivity index (χ3v) is 4.95. The molecule has 1 aliphatic rings. The number of halogens is 1. The number of nitrogens with one attached hydrogen (secondary N) is 2. The molecule has 2 amide bonds. The van der Waals surface area contributed by atoms with Gasteiger partial charge in [-0.25, -0.2) is 4.79 Å². The maximum atomic E-state index is 12.4. The van der Waals surface area contributed by atoms with Gasteiger partial charge in [0.05, 0.1) is 13.1 Å². The summed E-state index contributed by atoms with van der Waals surface area (Å²) >= 11 is 0. The van der Waals surface area contributed by atoms with Crippen molar-refractivity contribution >= 4 is 29.8 Å². The quantitative estimate of drug-likeness (QED) is 0.574. The van der Waals surface area contributed by atoms with Crippen molar-refractivity contribution in [3.05, 3.63) is 70.9 Å². The first-order valence-electron chi connectivity index (χ1n) is 9.60. The number of amides is 2. The van der Waals surface area contributed by atoms with Crippen LogP contribution in [0.4, 0.5) is 16.2 Å². The van der Waals surface area contributed by atoms with E-state index >= 15 is 0 Å². The van der Waals surface area contributed by atoms with Crippen LogP contribution >= 0.6 is 12.4 Å². The molecule has 30 heavy (non-hydrogen) atoms. The Morgan fingerprint density at radius 2 is 2.00 bits per heavy atom. The molecule has 4 N–H and O–H groups in total. The first kappa shape index (κ1) is 21.8. The van der Waals surface area contributed by atoms with E-state index in [-0.39, 0.29) is 25.0 Å². The topological polar surface area (TPSA) is 109 Å².